The minimum absolute atomic E-state index is 0.977. The molecule has 0 N–H and O–H groups in total. The Bertz CT molecular complexity index is 468. The van der Waals surface area contributed by atoms with Crippen molar-refractivity contribution >= 4 is 37.4 Å². The Kier molecular flexibility index (Phi) is 3.75. The highest BCUT2D eigenvalue weighted by molar-refractivity contribution is 7.80. The van der Waals surface area contributed by atoms with Crippen molar-refractivity contribution in [2.75, 3.05) is 0 Å². The molecule has 0 spiro atoms. The van der Waals surface area contributed by atoms with Gasteiger partial charge in [-0.1, -0.05) is 36.4 Å². The van der Waals surface area contributed by atoms with Gasteiger partial charge in [0.1, 0.15) is 0 Å². The third kappa shape index (κ3) is 3.19. The van der Waals surface area contributed by atoms with Crippen molar-refractivity contribution in [3.8, 4) is 0 Å². The van der Waals surface area contributed by atoms with Gasteiger partial charge in [-0.3, -0.25) is 0 Å². The van der Waals surface area contributed by atoms with Crippen LogP contribution in [0.25, 0.3) is 12.2 Å². The second kappa shape index (κ2) is 5.28. The van der Waals surface area contributed by atoms with E-state index in [1.54, 1.807) is 0 Å². The number of hydrogen-bond acceptors (Lipinski definition) is 2. The minimum Gasteiger partial charge on any atom is -0.143 e. The molecule has 0 heterocycles. The Morgan fingerprint density at radius 3 is 1.50 bits per heavy atom. The van der Waals surface area contributed by atoms with Gasteiger partial charge in [0.15, 0.2) is 0 Å². The number of thiol groups is 2. The normalized spacial score (nSPS) is 10.9. The van der Waals surface area contributed by atoms with Crippen molar-refractivity contribution in [2.24, 2.45) is 0 Å². The van der Waals surface area contributed by atoms with Gasteiger partial charge in [-0.15, -0.1) is 25.3 Å². The van der Waals surface area contributed by atoms with Crippen LogP contribution in [0.5, 0.6) is 0 Å². The van der Waals surface area contributed by atoms with Crippen LogP contribution in [-0.4, -0.2) is 0 Å². The summed E-state index contributed by atoms with van der Waals surface area (Å²) in [6.07, 6.45) is 4.14. The van der Waals surface area contributed by atoms with E-state index in [4.69, 9.17) is 0 Å². The van der Waals surface area contributed by atoms with Gasteiger partial charge in [0.05, 0.1) is 0 Å². The Labute approximate surface area is 107 Å². The Balaban J connectivity index is 2.21. The highest BCUT2D eigenvalue weighted by Gasteiger charge is 1.90. The molecule has 2 heteroatoms. The van der Waals surface area contributed by atoms with Gasteiger partial charge in [0.2, 0.25) is 0 Å². The van der Waals surface area contributed by atoms with Gasteiger partial charge >= 0.3 is 0 Å². The molecular weight excluding hydrogens is 232 g/mol. The summed E-state index contributed by atoms with van der Waals surface area (Å²) in [4.78, 5) is 1.95. The fraction of sp³-hybridized carbons (Fsp3) is 0. The highest BCUT2D eigenvalue weighted by Crippen LogP contribution is 2.14. The Hall–Kier alpha value is -1.12. The Morgan fingerprint density at radius 1 is 0.688 bits per heavy atom. The molecule has 0 aliphatic carbocycles. The topological polar surface area (TPSA) is 0 Å². The lowest BCUT2D eigenvalue weighted by Crippen LogP contribution is -1.74. The number of rotatable bonds is 2. The molecule has 16 heavy (non-hydrogen) atoms. The zero-order valence-electron chi connectivity index (χ0n) is 8.67. The van der Waals surface area contributed by atoms with Gasteiger partial charge in [-0.2, -0.15) is 0 Å². The van der Waals surface area contributed by atoms with Crippen LogP contribution in [0.4, 0.5) is 0 Å². The molecule has 0 aliphatic rings. The number of hydrogen-bond donors (Lipinski definition) is 2. The lowest BCUT2D eigenvalue weighted by molar-refractivity contribution is 1.45. The van der Waals surface area contributed by atoms with Crippen molar-refractivity contribution < 1.29 is 0 Å². The van der Waals surface area contributed by atoms with Crippen molar-refractivity contribution in [1.82, 2.24) is 0 Å². The molecule has 80 valence electrons. The SMILES string of the molecule is Sc1cccc(/C=C/c2cccc(S)c2)c1. The van der Waals surface area contributed by atoms with Crippen LogP contribution in [0.2, 0.25) is 0 Å². The van der Waals surface area contributed by atoms with E-state index >= 15 is 0 Å². The molecule has 2 rings (SSSR count). The Morgan fingerprint density at radius 2 is 1.12 bits per heavy atom. The lowest BCUT2D eigenvalue weighted by atomic mass is 10.1. The molecule has 0 fully saturated rings. The second-order valence-corrected chi connectivity index (χ2v) is 4.56. The molecule has 0 unspecified atom stereocenters. The molecule has 0 saturated carbocycles. The lowest BCUT2D eigenvalue weighted by Gasteiger charge is -1.97. The molecular formula is C14H12S2. The molecule has 2 aromatic rings. The van der Waals surface area contributed by atoms with E-state index in [1.807, 2.05) is 36.4 Å². The summed E-state index contributed by atoms with van der Waals surface area (Å²) in [6, 6.07) is 16.1. The van der Waals surface area contributed by atoms with Crippen LogP contribution in [0.1, 0.15) is 11.1 Å². The van der Waals surface area contributed by atoms with Crippen LogP contribution in [0, 0.1) is 0 Å². The fourth-order valence-electron chi connectivity index (χ4n) is 1.45. The van der Waals surface area contributed by atoms with E-state index in [-0.39, 0.29) is 0 Å². The number of benzene rings is 2. The maximum Gasteiger partial charge on any atom is 0.00459 e. The van der Waals surface area contributed by atoms with Gasteiger partial charge in [-0.25, -0.2) is 0 Å². The highest BCUT2D eigenvalue weighted by atomic mass is 32.1. The van der Waals surface area contributed by atoms with Gasteiger partial charge in [0, 0.05) is 9.79 Å². The van der Waals surface area contributed by atoms with Crippen LogP contribution >= 0.6 is 25.3 Å². The summed E-state index contributed by atoms with van der Waals surface area (Å²) in [5, 5.41) is 0. The molecule has 0 nitrogen and oxygen atoms in total. The van der Waals surface area contributed by atoms with Crippen LogP contribution in [0.15, 0.2) is 58.3 Å². The summed E-state index contributed by atoms with van der Waals surface area (Å²) >= 11 is 8.61. The maximum atomic E-state index is 4.30. The molecule has 0 bridgehead atoms. The van der Waals surface area contributed by atoms with Crippen molar-refractivity contribution in [3.63, 3.8) is 0 Å². The third-order valence-corrected chi connectivity index (χ3v) is 2.76. The van der Waals surface area contributed by atoms with E-state index in [1.165, 1.54) is 0 Å². The van der Waals surface area contributed by atoms with Gasteiger partial charge < -0.3 is 0 Å². The zero-order valence-corrected chi connectivity index (χ0v) is 10.5. The first-order valence-corrected chi connectivity index (χ1v) is 5.90. The molecule has 2 aromatic carbocycles. The van der Waals surface area contributed by atoms with Crippen LogP contribution in [0.3, 0.4) is 0 Å². The second-order valence-electron chi connectivity index (χ2n) is 3.52. The third-order valence-electron chi connectivity index (χ3n) is 2.21. The molecule has 0 atom stereocenters. The first-order valence-electron chi connectivity index (χ1n) is 5.00. The minimum atomic E-state index is 0.977. The molecule has 0 aliphatic heterocycles. The van der Waals surface area contributed by atoms with E-state index in [0.29, 0.717) is 0 Å². The largest absolute Gasteiger partial charge is 0.143 e. The maximum absolute atomic E-state index is 4.30. The summed E-state index contributed by atoms with van der Waals surface area (Å²) in [7, 11) is 0. The quantitative estimate of drug-likeness (QED) is 0.566. The standard InChI is InChI=1S/C14H12S2/c15-13-5-1-3-11(9-13)7-8-12-4-2-6-14(16)10-12/h1-10,15-16H/b8-7+. The average Bonchev–Trinajstić information content (AvgIpc) is 2.27. The van der Waals surface area contributed by atoms with E-state index in [9.17, 15) is 0 Å². The molecule has 0 amide bonds. The van der Waals surface area contributed by atoms with Crippen molar-refractivity contribution in [3.05, 3.63) is 59.7 Å². The van der Waals surface area contributed by atoms with Crippen LogP contribution in [-0.2, 0) is 0 Å². The van der Waals surface area contributed by atoms with Gasteiger partial charge in [0.25, 0.3) is 0 Å². The summed E-state index contributed by atoms with van der Waals surface area (Å²) in [5.41, 5.74) is 2.30. The molecule has 0 radical (unpaired) electrons. The van der Waals surface area contributed by atoms with Gasteiger partial charge in [-0.05, 0) is 35.4 Å². The van der Waals surface area contributed by atoms with E-state index < -0.39 is 0 Å². The zero-order chi connectivity index (χ0) is 11.4. The first kappa shape index (κ1) is 11.4. The average molecular weight is 244 g/mol. The summed E-state index contributed by atoms with van der Waals surface area (Å²) in [5.74, 6) is 0. The summed E-state index contributed by atoms with van der Waals surface area (Å²) in [6.45, 7) is 0. The first-order chi connectivity index (χ1) is 7.74. The predicted molar refractivity (Wildman–Crippen MR) is 76.3 cm³/mol. The van der Waals surface area contributed by atoms with E-state index in [2.05, 4.69) is 49.5 Å². The van der Waals surface area contributed by atoms with E-state index in [0.717, 1.165) is 20.9 Å². The fourth-order valence-corrected chi connectivity index (χ4v) is 1.92. The predicted octanol–water partition coefficient (Wildman–Crippen LogP) is 4.43. The smallest absolute Gasteiger partial charge is 0.00459 e. The van der Waals surface area contributed by atoms with Crippen molar-refractivity contribution in [1.29, 1.82) is 0 Å². The molecule has 0 aromatic heterocycles. The van der Waals surface area contributed by atoms with Crippen molar-refractivity contribution in [2.45, 2.75) is 9.79 Å². The summed E-state index contributed by atoms with van der Waals surface area (Å²) < 4.78 is 0. The van der Waals surface area contributed by atoms with Crippen LogP contribution < -0.4 is 0 Å². The monoisotopic (exact) mass is 244 g/mol. The molecule has 0 saturated heterocycles.